The number of nitrogens with zero attached hydrogens (tertiary/aromatic N) is 1. The number of hydrogen-bond acceptors (Lipinski definition) is 2. The molecule has 2 atom stereocenters. The van der Waals surface area contributed by atoms with Gasteiger partial charge in [0, 0.05) is 12.5 Å². The van der Waals surface area contributed by atoms with Crippen LogP contribution in [0.15, 0.2) is 23.8 Å². The molecule has 16 heavy (non-hydrogen) atoms. The number of aldehydes is 1. The number of likely N-dealkylation sites (tertiary alicyclic amines) is 1. The largest absolute Gasteiger partial charge is 0.303 e. The average molecular weight is 219 g/mol. The molecule has 1 fully saturated rings. The Labute approximate surface area is 98.0 Å². The van der Waals surface area contributed by atoms with Crippen molar-refractivity contribution in [2.24, 2.45) is 11.8 Å². The molecule has 1 aliphatic heterocycles. The SMILES string of the molecule is CC1CC=CC(CN2CCCC2)=CC1C=O. The zero-order valence-electron chi connectivity index (χ0n) is 10.1. The van der Waals surface area contributed by atoms with E-state index in [-0.39, 0.29) is 5.92 Å². The third-order valence-corrected chi connectivity index (χ3v) is 3.67. The molecule has 1 aliphatic carbocycles. The molecule has 0 N–H and O–H groups in total. The molecule has 0 aromatic heterocycles. The second kappa shape index (κ2) is 5.44. The summed E-state index contributed by atoms with van der Waals surface area (Å²) in [5.74, 6) is 0.553. The summed E-state index contributed by atoms with van der Waals surface area (Å²) in [7, 11) is 0. The second-order valence-electron chi connectivity index (χ2n) is 5.05. The molecular weight excluding hydrogens is 198 g/mol. The maximum atomic E-state index is 11.0. The van der Waals surface area contributed by atoms with Gasteiger partial charge in [-0.1, -0.05) is 25.2 Å². The Morgan fingerprint density at radius 2 is 2.19 bits per heavy atom. The minimum Gasteiger partial charge on any atom is -0.303 e. The van der Waals surface area contributed by atoms with E-state index in [1.165, 1.54) is 31.5 Å². The summed E-state index contributed by atoms with van der Waals surface area (Å²) in [6.07, 6.45) is 11.4. The lowest BCUT2D eigenvalue weighted by molar-refractivity contribution is -0.110. The van der Waals surface area contributed by atoms with Crippen LogP contribution in [0.1, 0.15) is 26.2 Å². The summed E-state index contributed by atoms with van der Waals surface area (Å²) in [5.41, 5.74) is 1.32. The van der Waals surface area contributed by atoms with Gasteiger partial charge in [0.25, 0.3) is 0 Å². The van der Waals surface area contributed by atoms with E-state index < -0.39 is 0 Å². The zero-order chi connectivity index (χ0) is 11.4. The lowest BCUT2D eigenvalue weighted by Crippen LogP contribution is -2.22. The molecular formula is C14H21NO. The molecule has 2 unspecified atom stereocenters. The van der Waals surface area contributed by atoms with Crippen LogP contribution in [0.4, 0.5) is 0 Å². The first-order valence-electron chi connectivity index (χ1n) is 6.34. The fourth-order valence-corrected chi connectivity index (χ4v) is 2.54. The Kier molecular flexibility index (Phi) is 3.94. The number of hydrogen-bond donors (Lipinski definition) is 0. The van der Waals surface area contributed by atoms with Crippen molar-refractivity contribution in [2.75, 3.05) is 19.6 Å². The third kappa shape index (κ3) is 2.82. The summed E-state index contributed by atoms with van der Waals surface area (Å²) >= 11 is 0. The summed E-state index contributed by atoms with van der Waals surface area (Å²) in [4.78, 5) is 13.5. The van der Waals surface area contributed by atoms with Crippen LogP contribution in [0.25, 0.3) is 0 Å². The average Bonchev–Trinajstić information content (AvgIpc) is 2.71. The van der Waals surface area contributed by atoms with Gasteiger partial charge in [0.2, 0.25) is 0 Å². The predicted octanol–water partition coefficient (Wildman–Crippen LogP) is 2.42. The molecule has 0 amide bonds. The monoisotopic (exact) mass is 219 g/mol. The van der Waals surface area contributed by atoms with E-state index in [1.807, 2.05) is 0 Å². The Balaban J connectivity index is 2.02. The highest BCUT2D eigenvalue weighted by atomic mass is 16.1. The van der Waals surface area contributed by atoms with Crippen molar-refractivity contribution in [2.45, 2.75) is 26.2 Å². The quantitative estimate of drug-likeness (QED) is 0.679. The van der Waals surface area contributed by atoms with Gasteiger partial charge in [-0.3, -0.25) is 4.90 Å². The molecule has 1 heterocycles. The molecule has 0 spiro atoms. The van der Waals surface area contributed by atoms with Crippen molar-refractivity contribution in [3.63, 3.8) is 0 Å². The maximum Gasteiger partial charge on any atom is 0.127 e. The second-order valence-corrected chi connectivity index (χ2v) is 5.05. The smallest absolute Gasteiger partial charge is 0.127 e. The van der Waals surface area contributed by atoms with E-state index in [4.69, 9.17) is 0 Å². The van der Waals surface area contributed by atoms with E-state index in [2.05, 4.69) is 30.1 Å². The highest BCUT2D eigenvalue weighted by Gasteiger charge is 2.18. The van der Waals surface area contributed by atoms with Gasteiger partial charge in [0.15, 0.2) is 0 Å². The topological polar surface area (TPSA) is 20.3 Å². The highest BCUT2D eigenvalue weighted by molar-refractivity contribution is 5.58. The molecule has 0 aromatic rings. The first-order chi connectivity index (χ1) is 7.79. The summed E-state index contributed by atoms with van der Waals surface area (Å²) in [6.45, 7) is 5.60. The lowest BCUT2D eigenvalue weighted by Gasteiger charge is -2.16. The van der Waals surface area contributed by atoms with Crippen LogP contribution < -0.4 is 0 Å². The first kappa shape index (κ1) is 11.6. The first-order valence-corrected chi connectivity index (χ1v) is 6.34. The van der Waals surface area contributed by atoms with Crippen molar-refractivity contribution in [1.82, 2.24) is 4.90 Å². The molecule has 1 saturated heterocycles. The number of carbonyl (C=O) groups is 1. The van der Waals surface area contributed by atoms with E-state index in [9.17, 15) is 4.79 Å². The van der Waals surface area contributed by atoms with Crippen molar-refractivity contribution in [3.05, 3.63) is 23.8 Å². The third-order valence-electron chi connectivity index (χ3n) is 3.67. The molecule has 0 bridgehead atoms. The molecule has 2 nitrogen and oxygen atoms in total. The van der Waals surface area contributed by atoms with Gasteiger partial charge in [-0.05, 0) is 43.8 Å². The minimum absolute atomic E-state index is 0.104. The predicted molar refractivity (Wildman–Crippen MR) is 66.2 cm³/mol. The summed E-state index contributed by atoms with van der Waals surface area (Å²) in [6, 6.07) is 0. The lowest BCUT2D eigenvalue weighted by atomic mass is 9.93. The van der Waals surface area contributed by atoms with Crippen LogP contribution >= 0.6 is 0 Å². The van der Waals surface area contributed by atoms with Gasteiger partial charge in [-0.25, -0.2) is 0 Å². The molecule has 88 valence electrons. The Morgan fingerprint density at radius 3 is 2.88 bits per heavy atom. The molecule has 0 radical (unpaired) electrons. The molecule has 0 aromatic carbocycles. The fraction of sp³-hybridized carbons (Fsp3) is 0.643. The summed E-state index contributed by atoms with van der Waals surface area (Å²) < 4.78 is 0. The van der Waals surface area contributed by atoms with Crippen molar-refractivity contribution in [1.29, 1.82) is 0 Å². The Hall–Kier alpha value is -0.890. The van der Waals surface area contributed by atoms with Gasteiger partial charge in [0.05, 0.1) is 0 Å². The van der Waals surface area contributed by atoms with Gasteiger partial charge in [-0.2, -0.15) is 0 Å². The molecule has 2 aliphatic rings. The van der Waals surface area contributed by atoms with Gasteiger partial charge < -0.3 is 4.79 Å². The van der Waals surface area contributed by atoms with E-state index in [0.717, 1.165) is 19.3 Å². The molecule has 2 rings (SSSR count). The minimum atomic E-state index is 0.104. The van der Waals surface area contributed by atoms with Crippen LogP contribution in [-0.4, -0.2) is 30.8 Å². The van der Waals surface area contributed by atoms with Crippen LogP contribution in [0.3, 0.4) is 0 Å². The number of allylic oxidation sites excluding steroid dienone is 2. The van der Waals surface area contributed by atoms with Crippen molar-refractivity contribution in [3.8, 4) is 0 Å². The van der Waals surface area contributed by atoms with Crippen LogP contribution in [0, 0.1) is 11.8 Å². The zero-order valence-corrected chi connectivity index (χ0v) is 10.1. The Bertz CT molecular complexity index is 300. The van der Waals surface area contributed by atoms with Gasteiger partial charge in [0.1, 0.15) is 6.29 Å². The standard InChI is InChI=1S/C14H21NO/c1-12-5-4-6-13(9-14(12)11-16)10-15-7-2-3-8-15/h4,6,9,11-12,14H,2-3,5,7-8,10H2,1H3. The van der Waals surface area contributed by atoms with Crippen molar-refractivity contribution >= 4 is 6.29 Å². The highest BCUT2D eigenvalue weighted by Crippen LogP contribution is 2.22. The summed E-state index contributed by atoms with van der Waals surface area (Å²) in [5, 5.41) is 0. The number of rotatable bonds is 3. The van der Waals surface area contributed by atoms with Gasteiger partial charge >= 0.3 is 0 Å². The number of carbonyl (C=O) groups excluding carboxylic acids is 1. The van der Waals surface area contributed by atoms with Gasteiger partial charge in [-0.15, -0.1) is 0 Å². The Morgan fingerprint density at radius 1 is 1.44 bits per heavy atom. The molecule has 0 saturated carbocycles. The van der Waals surface area contributed by atoms with E-state index in [0.29, 0.717) is 5.92 Å². The van der Waals surface area contributed by atoms with Crippen molar-refractivity contribution < 1.29 is 4.79 Å². The normalized spacial score (nSPS) is 31.2. The maximum absolute atomic E-state index is 11.0. The van der Waals surface area contributed by atoms with Crippen LogP contribution in [-0.2, 0) is 4.79 Å². The van der Waals surface area contributed by atoms with E-state index >= 15 is 0 Å². The van der Waals surface area contributed by atoms with Crippen LogP contribution in [0.2, 0.25) is 0 Å². The molecule has 2 heteroatoms. The van der Waals surface area contributed by atoms with Crippen LogP contribution in [0.5, 0.6) is 0 Å². The fourth-order valence-electron chi connectivity index (χ4n) is 2.54. The van der Waals surface area contributed by atoms with E-state index in [1.54, 1.807) is 0 Å².